The Kier molecular flexibility index (Phi) is 3.90. The first-order chi connectivity index (χ1) is 8.95. The van der Waals surface area contributed by atoms with Gasteiger partial charge < -0.3 is 5.32 Å². The zero-order valence-corrected chi connectivity index (χ0v) is 10.5. The van der Waals surface area contributed by atoms with Crippen LogP contribution in [0.2, 0.25) is 0 Å². The molecule has 0 aliphatic carbocycles. The standard InChI is InChI=1S/C13H10F3NOS/c14-13(15,16)10-3-1-2-9(6-10)7-12(18)17-11-4-5-19-8-11/h1-6,8H,7H2,(H,17,18). The Bertz CT molecular complexity index is 564. The van der Waals surface area contributed by atoms with Crippen molar-refractivity contribution >= 4 is 22.9 Å². The van der Waals surface area contributed by atoms with Crippen LogP contribution in [0, 0.1) is 0 Å². The minimum absolute atomic E-state index is 0.0836. The van der Waals surface area contributed by atoms with Crippen LogP contribution in [0.25, 0.3) is 0 Å². The summed E-state index contributed by atoms with van der Waals surface area (Å²) in [6, 6.07) is 6.51. The Labute approximate surface area is 111 Å². The van der Waals surface area contributed by atoms with E-state index in [9.17, 15) is 18.0 Å². The van der Waals surface area contributed by atoms with Gasteiger partial charge in [-0.15, -0.1) is 0 Å². The second-order valence-corrected chi connectivity index (χ2v) is 4.72. The molecule has 100 valence electrons. The van der Waals surface area contributed by atoms with Gasteiger partial charge in [0.25, 0.3) is 0 Å². The molecule has 0 fully saturated rings. The highest BCUT2D eigenvalue weighted by molar-refractivity contribution is 7.08. The van der Waals surface area contributed by atoms with Crippen LogP contribution in [0.1, 0.15) is 11.1 Å². The lowest BCUT2D eigenvalue weighted by molar-refractivity contribution is -0.137. The number of anilines is 1. The fourth-order valence-corrected chi connectivity index (χ4v) is 2.17. The molecule has 2 rings (SSSR count). The van der Waals surface area contributed by atoms with Crippen molar-refractivity contribution in [3.05, 3.63) is 52.2 Å². The molecule has 1 N–H and O–H groups in total. The number of amides is 1. The van der Waals surface area contributed by atoms with Crippen LogP contribution >= 0.6 is 11.3 Å². The van der Waals surface area contributed by atoms with Crippen LogP contribution in [0.4, 0.5) is 18.9 Å². The molecule has 2 aromatic rings. The summed E-state index contributed by atoms with van der Waals surface area (Å²) < 4.78 is 37.5. The lowest BCUT2D eigenvalue weighted by Crippen LogP contribution is -2.14. The third-order valence-corrected chi connectivity index (χ3v) is 3.11. The number of halogens is 3. The molecule has 0 atom stereocenters. The van der Waals surface area contributed by atoms with Gasteiger partial charge in [-0.3, -0.25) is 4.79 Å². The van der Waals surface area contributed by atoms with Crippen molar-refractivity contribution in [3.8, 4) is 0 Å². The summed E-state index contributed by atoms with van der Waals surface area (Å²) in [6.45, 7) is 0. The highest BCUT2D eigenvalue weighted by Crippen LogP contribution is 2.29. The number of hydrogen-bond acceptors (Lipinski definition) is 2. The molecule has 1 heterocycles. The molecule has 0 bridgehead atoms. The maximum Gasteiger partial charge on any atom is 0.416 e. The van der Waals surface area contributed by atoms with E-state index < -0.39 is 11.7 Å². The second kappa shape index (κ2) is 5.44. The van der Waals surface area contributed by atoms with Crippen LogP contribution < -0.4 is 5.32 Å². The zero-order chi connectivity index (χ0) is 13.9. The molecule has 0 radical (unpaired) electrons. The number of carbonyl (C=O) groups excluding carboxylic acids is 1. The SMILES string of the molecule is O=C(Cc1cccc(C(F)(F)F)c1)Nc1ccsc1. The van der Waals surface area contributed by atoms with Gasteiger partial charge in [-0.25, -0.2) is 0 Å². The number of nitrogens with one attached hydrogen (secondary N) is 1. The fraction of sp³-hybridized carbons (Fsp3) is 0.154. The highest BCUT2D eigenvalue weighted by Gasteiger charge is 2.30. The largest absolute Gasteiger partial charge is 0.416 e. The summed E-state index contributed by atoms with van der Waals surface area (Å²) in [5.74, 6) is -0.335. The maximum atomic E-state index is 12.5. The van der Waals surface area contributed by atoms with E-state index in [1.807, 2.05) is 0 Å². The van der Waals surface area contributed by atoms with Crippen LogP contribution in [0.3, 0.4) is 0 Å². The Morgan fingerprint density at radius 3 is 2.68 bits per heavy atom. The third-order valence-electron chi connectivity index (χ3n) is 2.42. The minimum Gasteiger partial charge on any atom is -0.325 e. The Morgan fingerprint density at radius 1 is 1.26 bits per heavy atom. The number of thiophene rings is 1. The molecule has 1 aromatic heterocycles. The molecule has 19 heavy (non-hydrogen) atoms. The quantitative estimate of drug-likeness (QED) is 0.909. The molecule has 0 aliphatic rings. The molecule has 1 amide bonds. The van der Waals surface area contributed by atoms with Gasteiger partial charge in [0, 0.05) is 5.38 Å². The van der Waals surface area contributed by atoms with Crippen LogP contribution in [-0.4, -0.2) is 5.91 Å². The van der Waals surface area contributed by atoms with E-state index in [1.54, 1.807) is 16.8 Å². The van der Waals surface area contributed by atoms with Gasteiger partial charge in [0.05, 0.1) is 17.7 Å². The maximum absolute atomic E-state index is 12.5. The number of rotatable bonds is 3. The van der Waals surface area contributed by atoms with E-state index in [0.717, 1.165) is 12.1 Å². The molecule has 0 aliphatic heterocycles. The normalized spacial score (nSPS) is 11.3. The number of alkyl halides is 3. The fourth-order valence-electron chi connectivity index (χ4n) is 1.58. The molecule has 0 saturated heterocycles. The highest BCUT2D eigenvalue weighted by atomic mass is 32.1. The second-order valence-electron chi connectivity index (χ2n) is 3.94. The summed E-state index contributed by atoms with van der Waals surface area (Å²) in [5.41, 5.74) is 0.248. The van der Waals surface area contributed by atoms with Gasteiger partial charge in [-0.2, -0.15) is 24.5 Å². The predicted octanol–water partition coefficient (Wildman–Crippen LogP) is 3.95. The van der Waals surface area contributed by atoms with Gasteiger partial charge in [-0.05, 0) is 23.1 Å². The Hall–Kier alpha value is -1.82. The van der Waals surface area contributed by atoms with Crippen molar-refractivity contribution in [2.24, 2.45) is 0 Å². The van der Waals surface area contributed by atoms with Crippen molar-refractivity contribution in [1.29, 1.82) is 0 Å². The van der Waals surface area contributed by atoms with E-state index in [-0.39, 0.29) is 12.3 Å². The van der Waals surface area contributed by atoms with Gasteiger partial charge in [0.1, 0.15) is 0 Å². The van der Waals surface area contributed by atoms with Crippen LogP contribution in [-0.2, 0) is 17.4 Å². The molecule has 6 heteroatoms. The molecule has 1 aromatic carbocycles. The topological polar surface area (TPSA) is 29.1 Å². The minimum atomic E-state index is -4.39. The molecular formula is C13H10F3NOS. The summed E-state index contributed by atoms with van der Waals surface area (Å²) in [7, 11) is 0. The van der Waals surface area contributed by atoms with Crippen molar-refractivity contribution < 1.29 is 18.0 Å². The van der Waals surface area contributed by atoms with Crippen molar-refractivity contribution in [2.45, 2.75) is 12.6 Å². The smallest absolute Gasteiger partial charge is 0.325 e. The monoisotopic (exact) mass is 285 g/mol. The number of hydrogen-bond donors (Lipinski definition) is 1. The average Bonchev–Trinajstić information content (AvgIpc) is 2.80. The van der Waals surface area contributed by atoms with Crippen LogP contribution in [0.15, 0.2) is 41.1 Å². The first-order valence-corrected chi connectivity index (χ1v) is 6.37. The Morgan fingerprint density at radius 2 is 2.05 bits per heavy atom. The van der Waals surface area contributed by atoms with E-state index in [2.05, 4.69) is 5.32 Å². The molecule has 0 unspecified atom stereocenters. The third kappa shape index (κ3) is 3.82. The molecule has 0 spiro atoms. The average molecular weight is 285 g/mol. The summed E-state index contributed by atoms with van der Waals surface area (Å²) in [5, 5.41) is 6.18. The van der Waals surface area contributed by atoms with Gasteiger partial charge >= 0.3 is 6.18 Å². The van der Waals surface area contributed by atoms with Crippen LogP contribution in [0.5, 0.6) is 0 Å². The summed E-state index contributed by atoms with van der Waals surface area (Å²) in [6.07, 6.45) is -4.47. The van der Waals surface area contributed by atoms with Gasteiger partial charge in [-0.1, -0.05) is 18.2 Å². The zero-order valence-electron chi connectivity index (χ0n) is 9.70. The predicted molar refractivity (Wildman–Crippen MR) is 68.1 cm³/mol. The number of benzene rings is 1. The molecule has 0 saturated carbocycles. The lowest BCUT2D eigenvalue weighted by atomic mass is 10.1. The van der Waals surface area contributed by atoms with E-state index >= 15 is 0 Å². The van der Waals surface area contributed by atoms with E-state index in [1.165, 1.54) is 23.5 Å². The number of carbonyl (C=O) groups is 1. The summed E-state index contributed by atoms with van der Waals surface area (Å²) >= 11 is 1.43. The first kappa shape index (κ1) is 13.6. The van der Waals surface area contributed by atoms with Gasteiger partial charge in [0.15, 0.2) is 0 Å². The van der Waals surface area contributed by atoms with E-state index in [4.69, 9.17) is 0 Å². The van der Waals surface area contributed by atoms with E-state index in [0.29, 0.717) is 11.3 Å². The summed E-state index contributed by atoms with van der Waals surface area (Å²) in [4.78, 5) is 11.7. The lowest BCUT2D eigenvalue weighted by Gasteiger charge is -2.08. The molecular weight excluding hydrogens is 275 g/mol. The van der Waals surface area contributed by atoms with Gasteiger partial charge in [0.2, 0.25) is 5.91 Å². The Balaban J connectivity index is 2.05. The van der Waals surface area contributed by atoms with Crippen molar-refractivity contribution in [3.63, 3.8) is 0 Å². The first-order valence-electron chi connectivity index (χ1n) is 5.43. The van der Waals surface area contributed by atoms with Crippen molar-refractivity contribution in [1.82, 2.24) is 0 Å². The molecule has 2 nitrogen and oxygen atoms in total. The van der Waals surface area contributed by atoms with Crippen molar-refractivity contribution in [2.75, 3.05) is 5.32 Å².